The Morgan fingerprint density at radius 3 is 2.50 bits per heavy atom. The molecule has 1 aliphatic heterocycles. The number of nitrogens with zero attached hydrogens (tertiary/aromatic N) is 1. The normalized spacial score (nSPS) is 14.6. The largest absolute Gasteiger partial charge is 0.492 e. The van der Waals surface area contributed by atoms with Crippen molar-refractivity contribution in [2.45, 2.75) is 4.90 Å². The van der Waals surface area contributed by atoms with E-state index in [1.54, 1.807) is 12.1 Å². The minimum Gasteiger partial charge on any atom is -0.492 e. The van der Waals surface area contributed by atoms with Crippen LogP contribution in [0.4, 0.5) is 0 Å². The molecule has 0 radical (unpaired) electrons. The van der Waals surface area contributed by atoms with Gasteiger partial charge in [-0.3, -0.25) is 4.79 Å². The van der Waals surface area contributed by atoms with Crippen molar-refractivity contribution in [1.82, 2.24) is 9.62 Å². The number of ether oxygens (including phenoxy) is 3. The molecule has 4 rings (SSSR count). The molecule has 0 bridgehead atoms. The second-order valence-electron chi connectivity index (χ2n) is 7.57. The van der Waals surface area contributed by atoms with Gasteiger partial charge in [0.25, 0.3) is 5.91 Å². The second kappa shape index (κ2) is 11.2. The van der Waals surface area contributed by atoms with E-state index in [4.69, 9.17) is 14.2 Å². The lowest BCUT2D eigenvalue weighted by Crippen LogP contribution is -2.40. The van der Waals surface area contributed by atoms with Gasteiger partial charge < -0.3 is 19.5 Å². The topological polar surface area (TPSA) is 94.2 Å². The Morgan fingerprint density at radius 1 is 1.00 bits per heavy atom. The molecular formula is C24H25BrN2O6S. The molecule has 1 fully saturated rings. The van der Waals surface area contributed by atoms with E-state index in [1.807, 2.05) is 36.4 Å². The van der Waals surface area contributed by atoms with Crippen LogP contribution in [0.2, 0.25) is 0 Å². The van der Waals surface area contributed by atoms with E-state index in [2.05, 4.69) is 21.2 Å². The van der Waals surface area contributed by atoms with Gasteiger partial charge >= 0.3 is 0 Å². The number of carbonyl (C=O) groups excluding carboxylic acids is 1. The van der Waals surface area contributed by atoms with Crippen LogP contribution in [0, 0.1) is 0 Å². The number of morpholine rings is 1. The van der Waals surface area contributed by atoms with Crippen LogP contribution in [0.15, 0.2) is 70.0 Å². The van der Waals surface area contributed by atoms with Crippen LogP contribution in [0.5, 0.6) is 11.5 Å². The molecule has 0 unspecified atom stereocenters. The highest BCUT2D eigenvalue weighted by atomic mass is 79.9. The van der Waals surface area contributed by atoms with E-state index < -0.39 is 10.0 Å². The van der Waals surface area contributed by atoms with E-state index in [0.29, 0.717) is 37.8 Å². The van der Waals surface area contributed by atoms with Gasteiger partial charge in [-0.25, -0.2) is 8.42 Å². The summed E-state index contributed by atoms with van der Waals surface area (Å²) in [5.41, 5.74) is 0. The van der Waals surface area contributed by atoms with Crippen molar-refractivity contribution >= 4 is 42.6 Å². The number of halogens is 1. The zero-order valence-electron chi connectivity index (χ0n) is 18.4. The van der Waals surface area contributed by atoms with Crippen molar-refractivity contribution in [2.75, 3.05) is 46.1 Å². The third-order valence-electron chi connectivity index (χ3n) is 5.31. The maximum Gasteiger partial charge on any atom is 0.258 e. The van der Waals surface area contributed by atoms with Crippen LogP contribution in [0.1, 0.15) is 0 Å². The fourth-order valence-corrected chi connectivity index (χ4v) is 5.54. The highest BCUT2D eigenvalue weighted by Gasteiger charge is 2.26. The van der Waals surface area contributed by atoms with Crippen LogP contribution in [0.3, 0.4) is 0 Å². The monoisotopic (exact) mass is 548 g/mol. The van der Waals surface area contributed by atoms with Gasteiger partial charge in [-0.15, -0.1) is 0 Å². The molecule has 1 aliphatic rings. The Balaban J connectivity index is 1.21. The summed E-state index contributed by atoms with van der Waals surface area (Å²) in [6.07, 6.45) is 0. The quantitative estimate of drug-likeness (QED) is 0.412. The molecule has 0 spiro atoms. The molecule has 1 amide bonds. The van der Waals surface area contributed by atoms with E-state index >= 15 is 0 Å². The predicted molar refractivity (Wildman–Crippen MR) is 132 cm³/mol. The highest BCUT2D eigenvalue weighted by molar-refractivity contribution is 9.10. The van der Waals surface area contributed by atoms with Gasteiger partial charge in [0.15, 0.2) is 6.61 Å². The third kappa shape index (κ3) is 5.87. The predicted octanol–water partition coefficient (Wildman–Crippen LogP) is 3.20. The van der Waals surface area contributed by atoms with Crippen molar-refractivity contribution < 1.29 is 27.4 Å². The summed E-state index contributed by atoms with van der Waals surface area (Å²) in [4.78, 5) is 12.3. The first kappa shape index (κ1) is 24.5. The molecule has 3 aromatic rings. The van der Waals surface area contributed by atoms with E-state index in [0.717, 1.165) is 15.2 Å². The molecule has 1 heterocycles. The minimum atomic E-state index is -3.54. The van der Waals surface area contributed by atoms with Crippen LogP contribution in [0.25, 0.3) is 10.8 Å². The maximum absolute atomic E-state index is 12.7. The standard InChI is InChI=1S/C24H25BrN2O6S/c25-24-21-4-2-1-3-18(21)5-10-22(24)33-17-23(28)26-11-14-32-19-6-8-20(9-7-19)34(29,30)27-12-15-31-16-13-27/h1-10H,11-17H2,(H,26,28). The van der Waals surface area contributed by atoms with Crippen LogP contribution in [-0.2, 0) is 19.6 Å². The smallest absolute Gasteiger partial charge is 0.258 e. The van der Waals surface area contributed by atoms with Crippen molar-refractivity contribution in [3.05, 3.63) is 65.1 Å². The van der Waals surface area contributed by atoms with Crippen LogP contribution >= 0.6 is 15.9 Å². The number of sulfonamides is 1. The first-order valence-electron chi connectivity index (χ1n) is 10.8. The van der Waals surface area contributed by atoms with Gasteiger partial charge in [0, 0.05) is 13.1 Å². The summed E-state index contributed by atoms with van der Waals surface area (Å²) >= 11 is 3.54. The van der Waals surface area contributed by atoms with Gasteiger partial charge in [0.1, 0.15) is 18.1 Å². The number of hydrogen-bond acceptors (Lipinski definition) is 6. The number of hydrogen-bond donors (Lipinski definition) is 1. The van der Waals surface area contributed by atoms with Gasteiger partial charge in [-0.05, 0) is 57.0 Å². The zero-order valence-corrected chi connectivity index (χ0v) is 20.8. The van der Waals surface area contributed by atoms with Crippen molar-refractivity contribution in [1.29, 1.82) is 0 Å². The van der Waals surface area contributed by atoms with Crippen LogP contribution < -0.4 is 14.8 Å². The molecule has 1 N–H and O–H groups in total. The van der Waals surface area contributed by atoms with Crippen molar-refractivity contribution in [2.24, 2.45) is 0 Å². The average Bonchev–Trinajstić information content (AvgIpc) is 2.87. The molecule has 0 aromatic heterocycles. The van der Waals surface area contributed by atoms with E-state index in [1.165, 1.54) is 16.4 Å². The molecule has 0 atom stereocenters. The molecule has 1 saturated heterocycles. The number of amides is 1. The lowest BCUT2D eigenvalue weighted by atomic mass is 10.1. The molecular weight excluding hydrogens is 524 g/mol. The van der Waals surface area contributed by atoms with Gasteiger partial charge in [-0.2, -0.15) is 4.31 Å². The van der Waals surface area contributed by atoms with Gasteiger partial charge in [0.05, 0.1) is 29.1 Å². The first-order valence-corrected chi connectivity index (χ1v) is 13.1. The Kier molecular flexibility index (Phi) is 8.04. The number of rotatable bonds is 9. The fraction of sp³-hybridized carbons (Fsp3) is 0.292. The summed E-state index contributed by atoms with van der Waals surface area (Å²) in [6, 6.07) is 17.9. The molecule has 10 heteroatoms. The minimum absolute atomic E-state index is 0.120. The summed E-state index contributed by atoms with van der Waals surface area (Å²) in [6.45, 7) is 1.90. The number of benzene rings is 3. The lowest BCUT2D eigenvalue weighted by molar-refractivity contribution is -0.123. The SMILES string of the molecule is O=C(COc1ccc2ccccc2c1Br)NCCOc1ccc(S(=O)(=O)N2CCOCC2)cc1. The fourth-order valence-electron chi connectivity index (χ4n) is 3.52. The Morgan fingerprint density at radius 2 is 1.74 bits per heavy atom. The second-order valence-corrected chi connectivity index (χ2v) is 10.3. The van der Waals surface area contributed by atoms with Crippen molar-refractivity contribution in [3.63, 3.8) is 0 Å². The maximum atomic E-state index is 12.7. The van der Waals surface area contributed by atoms with E-state index in [-0.39, 0.29) is 30.6 Å². The Hall–Kier alpha value is -2.66. The molecule has 180 valence electrons. The number of carbonyl (C=O) groups is 1. The first-order chi connectivity index (χ1) is 16.4. The summed E-state index contributed by atoms with van der Waals surface area (Å²) in [7, 11) is -3.54. The molecule has 8 nitrogen and oxygen atoms in total. The highest BCUT2D eigenvalue weighted by Crippen LogP contribution is 2.33. The van der Waals surface area contributed by atoms with Crippen LogP contribution in [-0.4, -0.2) is 64.7 Å². The number of nitrogens with one attached hydrogen (secondary N) is 1. The molecule has 3 aromatic carbocycles. The zero-order chi connectivity index (χ0) is 24.0. The Bertz CT molecular complexity index is 1240. The summed E-state index contributed by atoms with van der Waals surface area (Å²) < 4.78 is 44.0. The number of fused-ring (bicyclic) bond motifs is 1. The Labute approximate surface area is 207 Å². The van der Waals surface area contributed by atoms with Gasteiger partial charge in [0.2, 0.25) is 10.0 Å². The molecule has 34 heavy (non-hydrogen) atoms. The molecule has 0 saturated carbocycles. The van der Waals surface area contributed by atoms with Gasteiger partial charge in [-0.1, -0.05) is 30.3 Å². The third-order valence-corrected chi connectivity index (χ3v) is 8.04. The summed E-state index contributed by atoms with van der Waals surface area (Å²) in [5.74, 6) is 0.847. The lowest BCUT2D eigenvalue weighted by Gasteiger charge is -2.26. The average molecular weight is 549 g/mol. The summed E-state index contributed by atoms with van der Waals surface area (Å²) in [5, 5.41) is 4.83. The molecule has 0 aliphatic carbocycles. The van der Waals surface area contributed by atoms with Crippen molar-refractivity contribution in [3.8, 4) is 11.5 Å². The van der Waals surface area contributed by atoms with E-state index in [9.17, 15) is 13.2 Å².